The Kier molecular flexibility index (Phi) is 7.19. The van der Waals surface area contributed by atoms with Gasteiger partial charge in [0.2, 0.25) is 0 Å². The first-order chi connectivity index (χ1) is 9.38. The maximum atomic E-state index is 9.88. The summed E-state index contributed by atoms with van der Waals surface area (Å²) in [4.78, 5) is 0. The molecule has 5 nitrogen and oxygen atoms in total. The van der Waals surface area contributed by atoms with E-state index in [0.29, 0.717) is 19.1 Å². The van der Waals surface area contributed by atoms with Gasteiger partial charge in [0.1, 0.15) is 0 Å². The third-order valence-corrected chi connectivity index (χ3v) is 3.19. The number of aliphatic hydroxyl groups is 1. The lowest BCUT2D eigenvalue weighted by molar-refractivity contribution is -0.00857. The van der Waals surface area contributed by atoms with E-state index in [1.165, 1.54) is 0 Å². The molecule has 5 heteroatoms. The number of rotatable bonds is 9. The summed E-state index contributed by atoms with van der Waals surface area (Å²) in [6, 6.07) is 0. The molecule has 2 unspecified atom stereocenters. The fourth-order valence-corrected chi connectivity index (χ4v) is 2.26. The molecular weight excluding hydrogens is 254 g/mol. The van der Waals surface area contributed by atoms with Gasteiger partial charge in [-0.25, -0.2) is 0 Å². The summed E-state index contributed by atoms with van der Waals surface area (Å²) >= 11 is 0. The minimum absolute atomic E-state index is 0.199. The zero-order valence-corrected chi connectivity index (χ0v) is 13.4. The lowest BCUT2D eigenvalue weighted by Crippen LogP contribution is -2.31. The number of hydrogen-bond donors (Lipinski definition) is 2. The molecule has 0 amide bonds. The van der Waals surface area contributed by atoms with Gasteiger partial charge < -0.3 is 15.2 Å². The van der Waals surface area contributed by atoms with Crippen LogP contribution < -0.4 is 5.32 Å². The summed E-state index contributed by atoms with van der Waals surface area (Å²) in [6.45, 7) is 10.0. The second kappa shape index (κ2) is 8.39. The van der Waals surface area contributed by atoms with Crippen molar-refractivity contribution < 1.29 is 9.84 Å². The molecular formula is C15H29N3O2. The first-order valence-electron chi connectivity index (χ1n) is 7.38. The Balaban J connectivity index is 2.17. The number of nitrogens with one attached hydrogen (secondary N) is 1. The molecule has 0 aliphatic carbocycles. The topological polar surface area (TPSA) is 59.3 Å². The van der Waals surface area contributed by atoms with Crippen LogP contribution in [0.25, 0.3) is 0 Å². The maximum absolute atomic E-state index is 9.88. The Hall–Kier alpha value is -0.910. The molecule has 1 rings (SSSR count). The van der Waals surface area contributed by atoms with E-state index < -0.39 is 6.10 Å². The molecule has 116 valence electrons. The van der Waals surface area contributed by atoms with Gasteiger partial charge in [-0.1, -0.05) is 13.8 Å². The van der Waals surface area contributed by atoms with E-state index in [0.717, 1.165) is 24.2 Å². The maximum Gasteiger partial charge on any atom is 0.0897 e. The van der Waals surface area contributed by atoms with Crippen LogP contribution in [-0.4, -0.2) is 40.2 Å². The molecule has 0 bridgehead atoms. The highest BCUT2D eigenvalue weighted by Crippen LogP contribution is 2.08. The normalized spacial score (nSPS) is 14.8. The van der Waals surface area contributed by atoms with Gasteiger partial charge in [0, 0.05) is 31.9 Å². The standard InChI is InChI=1S/C15H29N3O2/c1-11(2)6-12(3)20-10-15(19)8-16-7-14-9-18(5)17-13(14)4/h9,11-12,15-16,19H,6-8,10H2,1-5H3. The molecule has 2 atom stereocenters. The number of hydrogen-bond acceptors (Lipinski definition) is 4. The van der Waals surface area contributed by atoms with E-state index in [1.54, 1.807) is 4.68 Å². The molecule has 20 heavy (non-hydrogen) atoms. The Morgan fingerprint density at radius 1 is 1.40 bits per heavy atom. The van der Waals surface area contributed by atoms with Crippen molar-refractivity contribution in [2.24, 2.45) is 13.0 Å². The summed E-state index contributed by atoms with van der Waals surface area (Å²) in [5.41, 5.74) is 2.19. The first-order valence-corrected chi connectivity index (χ1v) is 7.38. The minimum Gasteiger partial charge on any atom is -0.389 e. The highest BCUT2D eigenvalue weighted by Gasteiger charge is 2.10. The Labute approximate surface area is 122 Å². The largest absolute Gasteiger partial charge is 0.389 e. The molecule has 2 N–H and O–H groups in total. The summed E-state index contributed by atoms with van der Waals surface area (Å²) < 4.78 is 7.44. The van der Waals surface area contributed by atoms with Crippen LogP contribution >= 0.6 is 0 Å². The van der Waals surface area contributed by atoms with Crippen LogP contribution in [0.1, 0.15) is 38.4 Å². The van der Waals surface area contributed by atoms with Crippen LogP contribution in [0.5, 0.6) is 0 Å². The fourth-order valence-electron chi connectivity index (χ4n) is 2.26. The van der Waals surface area contributed by atoms with Crippen LogP contribution in [0.2, 0.25) is 0 Å². The first kappa shape index (κ1) is 17.1. The van der Waals surface area contributed by atoms with Crippen molar-refractivity contribution in [2.75, 3.05) is 13.2 Å². The molecule has 0 aliphatic heterocycles. The quantitative estimate of drug-likeness (QED) is 0.723. The zero-order chi connectivity index (χ0) is 15.1. The molecule has 1 aromatic rings. The lowest BCUT2D eigenvalue weighted by atomic mass is 10.1. The molecule has 0 saturated carbocycles. The summed E-state index contributed by atoms with van der Waals surface area (Å²) in [5, 5.41) is 17.4. The van der Waals surface area contributed by atoms with E-state index >= 15 is 0 Å². The SMILES string of the molecule is Cc1nn(C)cc1CNCC(O)COC(C)CC(C)C. The number of aromatic nitrogens is 2. The molecule has 1 aromatic heterocycles. The van der Waals surface area contributed by atoms with Crippen molar-refractivity contribution in [1.29, 1.82) is 0 Å². The fraction of sp³-hybridized carbons (Fsp3) is 0.800. The lowest BCUT2D eigenvalue weighted by Gasteiger charge is -2.18. The predicted molar refractivity (Wildman–Crippen MR) is 80.5 cm³/mol. The van der Waals surface area contributed by atoms with Gasteiger partial charge in [-0.2, -0.15) is 5.10 Å². The van der Waals surface area contributed by atoms with Crippen molar-refractivity contribution in [1.82, 2.24) is 15.1 Å². The summed E-state index contributed by atoms with van der Waals surface area (Å²) in [6.07, 6.45) is 2.75. The highest BCUT2D eigenvalue weighted by molar-refractivity contribution is 5.14. The van der Waals surface area contributed by atoms with Gasteiger partial charge in [0.25, 0.3) is 0 Å². The highest BCUT2D eigenvalue weighted by atomic mass is 16.5. The van der Waals surface area contributed by atoms with Gasteiger partial charge in [0.05, 0.1) is 24.5 Å². The van der Waals surface area contributed by atoms with Gasteiger partial charge in [-0.15, -0.1) is 0 Å². The second-order valence-electron chi connectivity index (χ2n) is 5.97. The average molecular weight is 283 g/mol. The Morgan fingerprint density at radius 2 is 2.10 bits per heavy atom. The van der Waals surface area contributed by atoms with E-state index in [-0.39, 0.29) is 6.10 Å². The number of aliphatic hydroxyl groups excluding tert-OH is 1. The second-order valence-corrected chi connectivity index (χ2v) is 5.97. The average Bonchev–Trinajstić information content (AvgIpc) is 2.64. The van der Waals surface area contributed by atoms with Crippen molar-refractivity contribution in [3.8, 4) is 0 Å². The molecule has 0 spiro atoms. The van der Waals surface area contributed by atoms with Crippen LogP contribution in [0.15, 0.2) is 6.20 Å². The van der Waals surface area contributed by atoms with Gasteiger partial charge in [-0.05, 0) is 26.2 Å². The van der Waals surface area contributed by atoms with Crippen LogP contribution in [0.3, 0.4) is 0 Å². The van der Waals surface area contributed by atoms with Crippen molar-refractivity contribution in [3.63, 3.8) is 0 Å². The monoisotopic (exact) mass is 283 g/mol. The molecule has 1 heterocycles. The van der Waals surface area contributed by atoms with Gasteiger partial charge >= 0.3 is 0 Å². The minimum atomic E-state index is -0.471. The predicted octanol–water partition coefficient (Wildman–Crippen LogP) is 1.63. The number of nitrogens with zero attached hydrogens (tertiary/aromatic N) is 2. The third-order valence-electron chi connectivity index (χ3n) is 3.19. The summed E-state index contributed by atoms with van der Waals surface area (Å²) in [5.74, 6) is 0.619. The Bertz CT molecular complexity index is 390. The van der Waals surface area contributed by atoms with E-state index in [2.05, 4.69) is 31.2 Å². The smallest absolute Gasteiger partial charge is 0.0897 e. The van der Waals surface area contributed by atoms with Crippen LogP contribution in [0, 0.1) is 12.8 Å². The van der Waals surface area contributed by atoms with Gasteiger partial charge in [0.15, 0.2) is 0 Å². The molecule has 0 aliphatic rings. The van der Waals surface area contributed by atoms with Crippen molar-refractivity contribution in [3.05, 3.63) is 17.5 Å². The molecule has 0 fully saturated rings. The van der Waals surface area contributed by atoms with Crippen LogP contribution in [-0.2, 0) is 18.3 Å². The van der Waals surface area contributed by atoms with E-state index in [1.807, 2.05) is 20.2 Å². The number of aryl methyl sites for hydroxylation is 2. The number of ether oxygens (including phenoxy) is 1. The van der Waals surface area contributed by atoms with E-state index in [4.69, 9.17) is 4.74 Å². The van der Waals surface area contributed by atoms with Crippen molar-refractivity contribution >= 4 is 0 Å². The molecule has 0 radical (unpaired) electrons. The van der Waals surface area contributed by atoms with Crippen molar-refractivity contribution in [2.45, 2.75) is 52.9 Å². The zero-order valence-electron chi connectivity index (χ0n) is 13.4. The molecule has 0 saturated heterocycles. The molecule has 0 aromatic carbocycles. The third kappa shape index (κ3) is 6.50. The summed E-state index contributed by atoms with van der Waals surface area (Å²) in [7, 11) is 1.91. The Morgan fingerprint density at radius 3 is 2.65 bits per heavy atom. The van der Waals surface area contributed by atoms with Gasteiger partial charge in [-0.3, -0.25) is 4.68 Å². The van der Waals surface area contributed by atoms with E-state index in [9.17, 15) is 5.11 Å². The van der Waals surface area contributed by atoms with Crippen LogP contribution in [0.4, 0.5) is 0 Å².